The van der Waals surface area contributed by atoms with E-state index in [-0.39, 0.29) is 32.4 Å². The molecular formula is C35H38O11. The molecule has 0 saturated carbocycles. The number of hydrogen-bond donors (Lipinski definition) is 4. The van der Waals surface area contributed by atoms with Crippen molar-refractivity contribution in [1.29, 1.82) is 0 Å². The molecule has 46 heavy (non-hydrogen) atoms. The van der Waals surface area contributed by atoms with Gasteiger partial charge in [0.15, 0.2) is 0 Å². The van der Waals surface area contributed by atoms with Crippen molar-refractivity contribution >= 4 is 24.2 Å². The number of carbonyl (C=O) groups is 4. The van der Waals surface area contributed by atoms with Gasteiger partial charge in [-0.05, 0) is 58.7 Å². The first-order valence-corrected chi connectivity index (χ1v) is 13.7. The standard InChI is InChI=1S/C10H10O4.C9H10O3.C8H10O2.C8H8O2/c1-13-9(11)7-3-5-8(6-4-7)10(12)14-2;1-12-9(11)8-4-2-7(6-10)3-5-8;2*9-5-7-1-2-8(6-10)4-3-7/h3-6H,1-2H3;2-5,10H,6H2,1H3;1-4,9-10H,5-6H2;1-5,10H,6H2. The second-order valence-corrected chi connectivity index (χ2v) is 9.06. The number of esters is 3. The lowest BCUT2D eigenvalue weighted by atomic mass is 10.1. The number of hydrogen-bond acceptors (Lipinski definition) is 11. The lowest BCUT2D eigenvalue weighted by Gasteiger charge is -2.00. The van der Waals surface area contributed by atoms with E-state index in [9.17, 15) is 19.2 Å². The molecule has 0 unspecified atom stereocenters. The second-order valence-electron chi connectivity index (χ2n) is 9.06. The molecule has 0 aromatic heterocycles. The number of benzene rings is 4. The molecule has 11 heteroatoms. The van der Waals surface area contributed by atoms with E-state index >= 15 is 0 Å². The highest BCUT2D eigenvalue weighted by atomic mass is 16.5. The summed E-state index contributed by atoms with van der Waals surface area (Å²) in [5.41, 5.74) is 5.29. The van der Waals surface area contributed by atoms with Crippen molar-refractivity contribution in [2.24, 2.45) is 0 Å². The largest absolute Gasteiger partial charge is 0.465 e. The highest BCUT2D eigenvalue weighted by Crippen LogP contribution is 2.07. The van der Waals surface area contributed by atoms with E-state index < -0.39 is 11.9 Å². The molecule has 4 N–H and O–H groups in total. The topological polar surface area (TPSA) is 177 Å². The fourth-order valence-electron chi connectivity index (χ4n) is 3.29. The predicted octanol–water partition coefficient (Wildman–Crippen LogP) is 3.89. The van der Waals surface area contributed by atoms with Crippen molar-refractivity contribution in [3.05, 3.63) is 142 Å². The van der Waals surface area contributed by atoms with Gasteiger partial charge in [0.1, 0.15) is 6.29 Å². The fraction of sp³-hybridized carbons (Fsp3) is 0.200. The predicted molar refractivity (Wildman–Crippen MR) is 169 cm³/mol. The van der Waals surface area contributed by atoms with Gasteiger partial charge in [-0.1, -0.05) is 60.7 Å². The number of aliphatic hydroxyl groups is 4. The van der Waals surface area contributed by atoms with Crippen LogP contribution in [0.2, 0.25) is 0 Å². The molecule has 0 radical (unpaired) electrons. The van der Waals surface area contributed by atoms with Gasteiger partial charge in [-0.3, -0.25) is 4.79 Å². The molecule has 0 fully saturated rings. The SMILES string of the molecule is COC(=O)c1ccc(C(=O)OC)cc1.COC(=O)c1ccc(CO)cc1.O=Cc1ccc(CO)cc1.OCc1ccc(CO)cc1. The smallest absolute Gasteiger partial charge is 0.337 e. The van der Waals surface area contributed by atoms with Crippen LogP contribution in [0.1, 0.15) is 63.7 Å². The second kappa shape index (κ2) is 22.3. The molecule has 4 aromatic carbocycles. The van der Waals surface area contributed by atoms with Crippen LogP contribution >= 0.6 is 0 Å². The van der Waals surface area contributed by atoms with Gasteiger partial charge in [0.2, 0.25) is 0 Å². The Kier molecular flexibility index (Phi) is 18.8. The first-order valence-electron chi connectivity index (χ1n) is 13.7. The molecule has 0 bridgehead atoms. The highest BCUT2D eigenvalue weighted by Gasteiger charge is 2.08. The Morgan fingerprint density at radius 1 is 0.457 bits per heavy atom. The average Bonchev–Trinajstić information content (AvgIpc) is 3.14. The van der Waals surface area contributed by atoms with Crippen LogP contribution in [0.3, 0.4) is 0 Å². The third-order valence-corrected chi connectivity index (χ3v) is 5.97. The van der Waals surface area contributed by atoms with E-state index in [1.54, 1.807) is 72.8 Å². The summed E-state index contributed by atoms with van der Waals surface area (Å²) < 4.78 is 13.5. The minimum Gasteiger partial charge on any atom is -0.465 e. The van der Waals surface area contributed by atoms with Crippen molar-refractivity contribution in [2.45, 2.75) is 26.4 Å². The Bertz CT molecular complexity index is 1410. The van der Waals surface area contributed by atoms with E-state index in [0.717, 1.165) is 28.5 Å². The molecule has 0 amide bonds. The Morgan fingerprint density at radius 3 is 0.891 bits per heavy atom. The average molecular weight is 635 g/mol. The summed E-state index contributed by atoms with van der Waals surface area (Å²) in [7, 11) is 3.94. The van der Waals surface area contributed by atoms with E-state index in [1.165, 1.54) is 45.6 Å². The van der Waals surface area contributed by atoms with Crippen LogP contribution in [0, 0.1) is 0 Å². The van der Waals surface area contributed by atoms with Gasteiger partial charge < -0.3 is 34.6 Å². The Morgan fingerprint density at radius 2 is 0.674 bits per heavy atom. The van der Waals surface area contributed by atoms with Crippen LogP contribution < -0.4 is 0 Å². The van der Waals surface area contributed by atoms with Gasteiger partial charge in [-0.2, -0.15) is 0 Å². The van der Waals surface area contributed by atoms with Crippen LogP contribution in [0.5, 0.6) is 0 Å². The van der Waals surface area contributed by atoms with Crippen LogP contribution in [-0.2, 0) is 40.6 Å². The molecule has 11 nitrogen and oxygen atoms in total. The van der Waals surface area contributed by atoms with Gasteiger partial charge in [-0.25, -0.2) is 14.4 Å². The quantitative estimate of drug-likeness (QED) is 0.126. The van der Waals surface area contributed by atoms with E-state index in [0.29, 0.717) is 22.3 Å². The Balaban J connectivity index is 0.000000310. The first-order chi connectivity index (χ1) is 22.2. The molecular weight excluding hydrogens is 596 g/mol. The molecule has 4 aromatic rings. The van der Waals surface area contributed by atoms with Crippen molar-refractivity contribution in [3.8, 4) is 0 Å². The molecule has 0 aliphatic carbocycles. The number of rotatable bonds is 8. The number of ether oxygens (including phenoxy) is 3. The van der Waals surface area contributed by atoms with Crippen molar-refractivity contribution in [1.82, 2.24) is 0 Å². The lowest BCUT2D eigenvalue weighted by molar-refractivity contribution is 0.0586. The number of aldehydes is 1. The minimum atomic E-state index is -0.429. The van der Waals surface area contributed by atoms with Gasteiger partial charge in [0.05, 0.1) is 64.4 Å². The zero-order chi connectivity index (χ0) is 34.3. The first kappa shape index (κ1) is 38.8. The van der Waals surface area contributed by atoms with Gasteiger partial charge in [0, 0.05) is 5.56 Å². The Labute approximate surface area is 267 Å². The molecule has 0 aliphatic rings. The maximum Gasteiger partial charge on any atom is 0.337 e. The molecule has 0 spiro atoms. The molecule has 244 valence electrons. The third kappa shape index (κ3) is 14.1. The number of methoxy groups -OCH3 is 3. The zero-order valence-electron chi connectivity index (χ0n) is 25.8. The zero-order valence-corrected chi connectivity index (χ0v) is 25.8. The Hall–Kier alpha value is -5.20. The maximum absolute atomic E-state index is 11.0. The summed E-state index contributed by atoms with van der Waals surface area (Å²) in [5, 5.41) is 34.6. The minimum absolute atomic E-state index is 0.0124. The summed E-state index contributed by atoms with van der Waals surface area (Å²) in [6.45, 7) is 0.137. The molecule has 0 heterocycles. The van der Waals surface area contributed by atoms with Crippen LogP contribution in [0.4, 0.5) is 0 Å². The van der Waals surface area contributed by atoms with E-state index in [4.69, 9.17) is 20.4 Å². The van der Waals surface area contributed by atoms with Crippen LogP contribution in [-0.4, -0.2) is 65.9 Å². The van der Waals surface area contributed by atoms with Gasteiger partial charge in [-0.15, -0.1) is 0 Å². The van der Waals surface area contributed by atoms with Crippen molar-refractivity contribution in [3.63, 3.8) is 0 Å². The summed E-state index contributed by atoms with van der Waals surface area (Å²) in [5.74, 6) is -1.22. The lowest BCUT2D eigenvalue weighted by Crippen LogP contribution is -2.04. The monoisotopic (exact) mass is 634 g/mol. The normalized spacial score (nSPS) is 9.46. The van der Waals surface area contributed by atoms with E-state index in [1.807, 2.05) is 0 Å². The summed E-state index contributed by atoms with van der Waals surface area (Å²) in [6.07, 6.45) is 0.779. The molecule has 0 atom stereocenters. The highest BCUT2D eigenvalue weighted by molar-refractivity contribution is 5.93. The maximum atomic E-state index is 11.0. The van der Waals surface area contributed by atoms with E-state index in [2.05, 4.69) is 14.2 Å². The number of aliphatic hydroxyl groups excluding tert-OH is 4. The van der Waals surface area contributed by atoms with Gasteiger partial charge >= 0.3 is 17.9 Å². The summed E-state index contributed by atoms with van der Waals surface area (Å²) >= 11 is 0. The summed E-state index contributed by atoms with van der Waals surface area (Å²) in [6, 6.07) is 26.7. The van der Waals surface area contributed by atoms with Gasteiger partial charge in [0.25, 0.3) is 0 Å². The van der Waals surface area contributed by atoms with Crippen molar-refractivity contribution < 1.29 is 53.8 Å². The third-order valence-electron chi connectivity index (χ3n) is 5.97. The van der Waals surface area contributed by atoms with Crippen LogP contribution in [0.15, 0.2) is 97.1 Å². The van der Waals surface area contributed by atoms with Crippen molar-refractivity contribution in [2.75, 3.05) is 21.3 Å². The van der Waals surface area contributed by atoms with Crippen LogP contribution in [0.25, 0.3) is 0 Å². The summed E-state index contributed by atoms with van der Waals surface area (Å²) in [4.78, 5) is 43.1. The molecule has 4 rings (SSSR count). The molecule has 0 saturated heterocycles. The molecule has 0 aliphatic heterocycles. The number of carbonyl (C=O) groups excluding carboxylic acids is 4. The fourth-order valence-corrected chi connectivity index (χ4v) is 3.29.